The fourth-order valence-electron chi connectivity index (χ4n) is 1.86. The number of nitrogens with one attached hydrogen (secondary N) is 1. The Morgan fingerprint density at radius 1 is 1.06 bits per heavy atom. The fraction of sp³-hybridized carbons (Fsp3) is 1.00. The molecule has 0 saturated carbocycles. The minimum Gasteiger partial charge on any atom is -0.377 e. The van der Waals surface area contributed by atoms with Crippen molar-refractivity contribution in [2.24, 2.45) is 5.41 Å². The van der Waals surface area contributed by atoms with Crippen molar-refractivity contribution >= 4 is 0 Å². The van der Waals surface area contributed by atoms with Gasteiger partial charge < -0.3 is 10.1 Å². The minimum absolute atomic E-state index is 0.422. The van der Waals surface area contributed by atoms with Crippen LogP contribution in [-0.4, -0.2) is 25.8 Å². The number of rotatable bonds is 11. The first kappa shape index (κ1) is 17.9. The molecular weight excluding hydrogens is 222 g/mol. The van der Waals surface area contributed by atoms with E-state index in [-0.39, 0.29) is 0 Å². The summed E-state index contributed by atoms with van der Waals surface area (Å²) in [7, 11) is 0. The Labute approximate surface area is 115 Å². The molecule has 1 atom stereocenters. The fourth-order valence-corrected chi connectivity index (χ4v) is 1.86. The van der Waals surface area contributed by atoms with Crippen LogP contribution in [0.5, 0.6) is 0 Å². The molecule has 0 aromatic heterocycles. The molecule has 0 bridgehead atoms. The Hall–Kier alpha value is -0.0800. The molecule has 1 N–H and O–H groups in total. The molecule has 1 unspecified atom stereocenters. The highest BCUT2D eigenvalue weighted by Crippen LogP contribution is 2.16. The zero-order chi connectivity index (χ0) is 13.9. The van der Waals surface area contributed by atoms with Gasteiger partial charge in [-0.1, -0.05) is 53.4 Å². The number of hydrogen-bond donors (Lipinski definition) is 1. The number of hydrogen-bond acceptors (Lipinski definition) is 2. The largest absolute Gasteiger partial charge is 0.377 e. The number of unbranched alkanes of at least 4 members (excludes halogenated alkanes) is 3. The summed E-state index contributed by atoms with van der Waals surface area (Å²) in [4.78, 5) is 0. The van der Waals surface area contributed by atoms with Crippen LogP contribution in [0, 0.1) is 5.41 Å². The molecule has 0 amide bonds. The van der Waals surface area contributed by atoms with E-state index in [0.717, 1.165) is 19.7 Å². The van der Waals surface area contributed by atoms with E-state index >= 15 is 0 Å². The standard InChI is InChI=1S/C16H35NO/c1-6-7-8-9-10-15(2)18-14-13-17-12-11-16(3,4)5/h15,17H,6-14H2,1-5H3. The first-order valence-corrected chi connectivity index (χ1v) is 7.78. The van der Waals surface area contributed by atoms with Gasteiger partial charge in [0.1, 0.15) is 0 Å². The van der Waals surface area contributed by atoms with Crippen LogP contribution < -0.4 is 5.32 Å². The Bertz CT molecular complexity index is 174. The van der Waals surface area contributed by atoms with Crippen LogP contribution in [-0.2, 0) is 4.74 Å². The monoisotopic (exact) mass is 257 g/mol. The summed E-state index contributed by atoms with van der Waals surface area (Å²) in [5.74, 6) is 0. The van der Waals surface area contributed by atoms with Gasteiger partial charge in [0.05, 0.1) is 12.7 Å². The zero-order valence-corrected chi connectivity index (χ0v) is 13.3. The third-order valence-corrected chi connectivity index (χ3v) is 3.20. The topological polar surface area (TPSA) is 21.3 Å². The van der Waals surface area contributed by atoms with Crippen molar-refractivity contribution in [2.75, 3.05) is 19.7 Å². The van der Waals surface area contributed by atoms with Gasteiger partial charge in [-0.3, -0.25) is 0 Å². The first-order chi connectivity index (χ1) is 8.45. The van der Waals surface area contributed by atoms with Gasteiger partial charge in [-0.15, -0.1) is 0 Å². The molecule has 18 heavy (non-hydrogen) atoms. The zero-order valence-electron chi connectivity index (χ0n) is 13.3. The maximum Gasteiger partial charge on any atom is 0.0594 e. The molecule has 0 aliphatic rings. The highest BCUT2D eigenvalue weighted by molar-refractivity contribution is 4.63. The molecular formula is C16H35NO. The SMILES string of the molecule is CCCCCCC(C)OCCNCCC(C)(C)C. The molecule has 0 spiro atoms. The van der Waals surface area contributed by atoms with Crippen LogP contribution in [0.4, 0.5) is 0 Å². The van der Waals surface area contributed by atoms with Gasteiger partial charge in [-0.2, -0.15) is 0 Å². The second-order valence-corrected chi connectivity index (χ2v) is 6.59. The van der Waals surface area contributed by atoms with Gasteiger partial charge in [0.25, 0.3) is 0 Å². The van der Waals surface area contributed by atoms with Crippen molar-refractivity contribution in [1.29, 1.82) is 0 Å². The van der Waals surface area contributed by atoms with E-state index in [1.54, 1.807) is 0 Å². The predicted molar refractivity (Wildman–Crippen MR) is 81.1 cm³/mol. The highest BCUT2D eigenvalue weighted by Gasteiger charge is 2.08. The predicted octanol–water partition coefficient (Wildman–Crippen LogP) is 4.39. The molecule has 0 aromatic carbocycles. The van der Waals surface area contributed by atoms with Gasteiger partial charge in [0.2, 0.25) is 0 Å². The summed E-state index contributed by atoms with van der Waals surface area (Å²) in [5, 5.41) is 3.45. The summed E-state index contributed by atoms with van der Waals surface area (Å²) in [5.41, 5.74) is 0.431. The second-order valence-electron chi connectivity index (χ2n) is 6.59. The Kier molecular flexibility index (Phi) is 10.8. The van der Waals surface area contributed by atoms with Gasteiger partial charge in [-0.25, -0.2) is 0 Å². The molecule has 0 heterocycles. The van der Waals surface area contributed by atoms with Crippen molar-refractivity contribution in [3.8, 4) is 0 Å². The molecule has 0 fully saturated rings. The lowest BCUT2D eigenvalue weighted by Gasteiger charge is -2.18. The molecule has 0 rings (SSSR count). The average Bonchev–Trinajstić information content (AvgIpc) is 2.28. The first-order valence-electron chi connectivity index (χ1n) is 7.78. The van der Waals surface area contributed by atoms with Crippen molar-refractivity contribution in [2.45, 2.75) is 79.2 Å². The summed E-state index contributed by atoms with van der Waals surface area (Å²) in [6, 6.07) is 0. The van der Waals surface area contributed by atoms with Gasteiger partial charge in [-0.05, 0) is 31.7 Å². The molecule has 110 valence electrons. The maximum absolute atomic E-state index is 5.79. The molecule has 0 aromatic rings. The van der Waals surface area contributed by atoms with E-state index in [9.17, 15) is 0 Å². The van der Waals surface area contributed by atoms with Crippen LogP contribution in [0.3, 0.4) is 0 Å². The van der Waals surface area contributed by atoms with Gasteiger partial charge >= 0.3 is 0 Å². The summed E-state index contributed by atoms with van der Waals surface area (Å²) >= 11 is 0. The lowest BCUT2D eigenvalue weighted by atomic mass is 9.92. The van der Waals surface area contributed by atoms with E-state index in [4.69, 9.17) is 4.74 Å². The molecule has 0 aliphatic heterocycles. The van der Waals surface area contributed by atoms with Crippen LogP contribution in [0.25, 0.3) is 0 Å². The van der Waals surface area contributed by atoms with Crippen LogP contribution in [0.1, 0.15) is 73.1 Å². The van der Waals surface area contributed by atoms with Gasteiger partial charge in [0, 0.05) is 6.54 Å². The van der Waals surface area contributed by atoms with E-state index < -0.39 is 0 Å². The van der Waals surface area contributed by atoms with Crippen molar-refractivity contribution in [3.05, 3.63) is 0 Å². The maximum atomic E-state index is 5.79. The Morgan fingerprint density at radius 3 is 2.39 bits per heavy atom. The molecule has 2 heteroatoms. The lowest BCUT2D eigenvalue weighted by molar-refractivity contribution is 0.0602. The molecule has 2 nitrogen and oxygen atoms in total. The van der Waals surface area contributed by atoms with Crippen LogP contribution >= 0.6 is 0 Å². The normalized spacial score (nSPS) is 13.8. The van der Waals surface area contributed by atoms with E-state index in [0.29, 0.717) is 11.5 Å². The van der Waals surface area contributed by atoms with Gasteiger partial charge in [0.15, 0.2) is 0 Å². The molecule has 0 radical (unpaired) electrons. The van der Waals surface area contributed by atoms with Crippen molar-refractivity contribution in [1.82, 2.24) is 5.32 Å². The third-order valence-electron chi connectivity index (χ3n) is 3.20. The second kappa shape index (κ2) is 10.8. The van der Waals surface area contributed by atoms with E-state index in [1.807, 2.05) is 0 Å². The quantitative estimate of drug-likeness (QED) is 0.554. The third kappa shape index (κ3) is 14.0. The van der Waals surface area contributed by atoms with E-state index in [2.05, 4.69) is 39.9 Å². The summed E-state index contributed by atoms with van der Waals surface area (Å²) < 4.78 is 5.79. The Balaban J connectivity index is 3.22. The Morgan fingerprint density at radius 2 is 1.78 bits per heavy atom. The van der Waals surface area contributed by atoms with Crippen LogP contribution in [0.2, 0.25) is 0 Å². The van der Waals surface area contributed by atoms with E-state index in [1.165, 1.54) is 38.5 Å². The van der Waals surface area contributed by atoms with Crippen LogP contribution in [0.15, 0.2) is 0 Å². The smallest absolute Gasteiger partial charge is 0.0594 e. The highest BCUT2D eigenvalue weighted by atomic mass is 16.5. The minimum atomic E-state index is 0.422. The number of ether oxygens (including phenoxy) is 1. The lowest BCUT2D eigenvalue weighted by Crippen LogP contribution is -2.25. The van der Waals surface area contributed by atoms with Crippen molar-refractivity contribution < 1.29 is 4.74 Å². The average molecular weight is 257 g/mol. The summed E-state index contributed by atoms with van der Waals surface area (Å²) in [6.45, 7) is 14.2. The summed E-state index contributed by atoms with van der Waals surface area (Å²) in [6.07, 6.45) is 8.20. The van der Waals surface area contributed by atoms with Crippen molar-refractivity contribution in [3.63, 3.8) is 0 Å². The molecule has 0 saturated heterocycles. The molecule has 0 aliphatic carbocycles.